The first kappa shape index (κ1) is 12.6. The van der Waals surface area contributed by atoms with E-state index < -0.39 is 0 Å². The van der Waals surface area contributed by atoms with Gasteiger partial charge in [-0.3, -0.25) is 4.79 Å². The van der Waals surface area contributed by atoms with Crippen molar-refractivity contribution in [2.75, 3.05) is 6.61 Å². The summed E-state index contributed by atoms with van der Waals surface area (Å²) in [6, 6.07) is 7.92. The van der Waals surface area contributed by atoms with Gasteiger partial charge < -0.3 is 10.5 Å². The molecule has 88 valence electrons. The highest BCUT2D eigenvalue weighted by Gasteiger charge is 2.13. The SMILES string of the molecule is CC(C)(C)c1cccc(OCCC(N)=O)c1. The maximum absolute atomic E-state index is 10.6. The molecule has 0 aliphatic heterocycles. The van der Waals surface area contributed by atoms with Crippen LogP contribution in [0.3, 0.4) is 0 Å². The lowest BCUT2D eigenvalue weighted by Gasteiger charge is -2.19. The molecule has 1 rings (SSSR count). The molecule has 0 spiro atoms. The summed E-state index contributed by atoms with van der Waals surface area (Å²) < 4.78 is 5.45. The van der Waals surface area contributed by atoms with Crippen LogP contribution in [0.4, 0.5) is 0 Å². The number of hydrogen-bond donors (Lipinski definition) is 1. The molecule has 1 aromatic carbocycles. The van der Waals surface area contributed by atoms with Crippen LogP contribution in [0.5, 0.6) is 5.75 Å². The molecule has 0 unspecified atom stereocenters. The van der Waals surface area contributed by atoms with Crippen LogP contribution >= 0.6 is 0 Å². The Morgan fingerprint density at radius 1 is 1.38 bits per heavy atom. The van der Waals surface area contributed by atoms with Crippen molar-refractivity contribution in [3.05, 3.63) is 29.8 Å². The number of rotatable bonds is 4. The minimum absolute atomic E-state index is 0.100. The van der Waals surface area contributed by atoms with E-state index in [9.17, 15) is 4.79 Å². The van der Waals surface area contributed by atoms with E-state index in [2.05, 4.69) is 26.8 Å². The molecular formula is C13H19NO2. The van der Waals surface area contributed by atoms with Crippen molar-refractivity contribution in [2.45, 2.75) is 32.6 Å². The largest absolute Gasteiger partial charge is 0.493 e. The monoisotopic (exact) mass is 221 g/mol. The molecule has 1 amide bonds. The summed E-state index contributed by atoms with van der Waals surface area (Å²) in [5.74, 6) is 0.445. The first-order valence-corrected chi connectivity index (χ1v) is 5.41. The molecule has 0 bridgehead atoms. The van der Waals surface area contributed by atoms with Gasteiger partial charge in [-0.1, -0.05) is 32.9 Å². The normalized spacial score (nSPS) is 11.2. The molecule has 0 atom stereocenters. The summed E-state index contributed by atoms with van der Waals surface area (Å²) in [5.41, 5.74) is 6.35. The van der Waals surface area contributed by atoms with Crippen LogP contribution < -0.4 is 10.5 Å². The molecule has 0 aliphatic carbocycles. The van der Waals surface area contributed by atoms with E-state index >= 15 is 0 Å². The summed E-state index contributed by atoms with van der Waals surface area (Å²) in [5, 5.41) is 0. The fraction of sp³-hybridized carbons (Fsp3) is 0.462. The minimum atomic E-state index is -0.341. The van der Waals surface area contributed by atoms with Gasteiger partial charge in [0.2, 0.25) is 5.91 Å². The van der Waals surface area contributed by atoms with E-state index in [1.54, 1.807) is 0 Å². The molecule has 0 aromatic heterocycles. The summed E-state index contributed by atoms with van der Waals surface area (Å²) in [6.07, 6.45) is 0.250. The van der Waals surface area contributed by atoms with Crippen molar-refractivity contribution < 1.29 is 9.53 Å². The number of nitrogens with two attached hydrogens (primary N) is 1. The zero-order valence-corrected chi connectivity index (χ0v) is 10.1. The van der Waals surface area contributed by atoms with E-state index in [-0.39, 0.29) is 17.7 Å². The molecule has 0 radical (unpaired) electrons. The van der Waals surface area contributed by atoms with Crippen LogP contribution in [-0.2, 0) is 10.2 Å². The maximum atomic E-state index is 10.6. The molecule has 0 aliphatic rings. The topological polar surface area (TPSA) is 52.3 Å². The Balaban J connectivity index is 2.64. The predicted molar refractivity (Wildman–Crippen MR) is 64.4 cm³/mol. The first-order chi connectivity index (χ1) is 7.39. The first-order valence-electron chi connectivity index (χ1n) is 5.41. The van der Waals surface area contributed by atoms with Crippen molar-refractivity contribution in [3.63, 3.8) is 0 Å². The molecule has 2 N–H and O–H groups in total. The molecule has 0 heterocycles. The van der Waals surface area contributed by atoms with E-state index in [1.165, 1.54) is 5.56 Å². The third-order valence-corrected chi connectivity index (χ3v) is 2.32. The molecule has 0 saturated carbocycles. The van der Waals surface area contributed by atoms with Crippen LogP contribution in [0.1, 0.15) is 32.8 Å². The Labute approximate surface area is 96.6 Å². The molecule has 1 aromatic rings. The lowest BCUT2D eigenvalue weighted by atomic mass is 9.87. The summed E-state index contributed by atoms with van der Waals surface area (Å²) in [6.45, 7) is 6.78. The van der Waals surface area contributed by atoms with E-state index in [0.29, 0.717) is 6.61 Å². The van der Waals surface area contributed by atoms with Gasteiger partial charge in [-0.05, 0) is 23.1 Å². The van der Waals surface area contributed by atoms with Crippen LogP contribution in [0.15, 0.2) is 24.3 Å². The second-order valence-electron chi connectivity index (χ2n) is 4.84. The number of ether oxygens (including phenoxy) is 1. The van der Waals surface area contributed by atoms with Gasteiger partial charge in [0.15, 0.2) is 0 Å². The van der Waals surface area contributed by atoms with Gasteiger partial charge in [0, 0.05) is 0 Å². The molecule has 16 heavy (non-hydrogen) atoms. The molecule has 3 heteroatoms. The third-order valence-electron chi connectivity index (χ3n) is 2.32. The number of primary amides is 1. The average Bonchev–Trinajstić information content (AvgIpc) is 2.16. The minimum Gasteiger partial charge on any atom is -0.493 e. The van der Waals surface area contributed by atoms with Gasteiger partial charge in [0.05, 0.1) is 13.0 Å². The Kier molecular flexibility index (Phi) is 3.93. The fourth-order valence-corrected chi connectivity index (χ4v) is 1.32. The van der Waals surface area contributed by atoms with Gasteiger partial charge in [-0.2, -0.15) is 0 Å². The fourth-order valence-electron chi connectivity index (χ4n) is 1.32. The molecule has 0 fully saturated rings. The van der Waals surface area contributed by atoms with Crippen molar-refractivity contribution in [2.24, 2.45) is 5.73 Å². The Morgan fingerprint density at radius 2 is 2.06 bits per heavy atom. The van der Waals surface area contributed by atoms with Crippen molar-refractivity contribution in [1.29, 1.82) is 0 Å². The van der Waals surface area contributed by atoms with Gasteiger partial charge in [0.1, 0.15) is 5.75 Å². The zero-order valence-electron chi connectivity index (χ0n) is 10.1. The second-order valence-corrected chi connectivity index (χ2v) is 4.84. The number of amides is 1. The van der Waals surface area contributed by atoms with Gasteiger partial charge in [-0.15, -0.1) is 0 Å². The summed E-state index contributed by atoms with van der Waals surface area (Å²) in [7, 11) is 0. The Bertz CT molecular complexity index is 366. The highest BCUT2D eigenvalue weighted by Crippen LogP contribution is 2.25. The number of carbonyl (C=O) groups excluding carboxylic acids is 1. The van der Waals surface area contributed by atoms with Crippen molar-refractivity contribution in [1.82, 2.24) is 0 Å². The molecule has 0 saturated heterocycles. The van der Waals surface area contributed by atoms with Crippen molar-refractivity contribution in [3.8, 4) is 5.75 Å². The van der Waals surface area contributed by atoms with E-state index in [1.807, 2.05) is 18.2 Å². The van der Waals surface area contributed by atoms with Crippen LogP contribution in [0, 0.1) is 0 Å². The van der Waals surface area contributed by atoms with E-state index in [4.69, 9.17) is 10.5 Å². The maximum Gasteiger partial charge on any atom is 0.220 e. The number of benzene rings is 1. The zero-order chi connectivity index (χ0) is 12.2. The summed E-state index contributed by atoms with van der Waals surface area (Å²) in [4.78, 5) is 10.6. The van der Waals surface area contributed by atoms with Gasteiger partial charge in [0.25, 0.3) is 0 Å². The standard InChI is InChI=1S/C13H19NO2/c1-13(2,3)10-5-4-6-11(9-10)16-8-7-12(14)15/h4-6,9H,7-8H2,1-3H3,(H2,14,15). The second kappa shape index (κ2) is 5.01. The molecular weight excluding hydrogens is 202 g/mol. The lowest BCUT2D eigenvalue weighted by molar-refractivity contribution is -0.118. The molecule has 3 nitrogen and oxygen atoms in total. The lowest BCUT2D eigenvalue weighted by Crippen LogP contribution is -2.15. The summed E-state index contributed by atoms with van der Waals surface area (Å²) >= 11 is 0. The van der Waals surface area contributed by atoms with Crippen LogP contribution in [0.2, 0.25) is 0 Å². The Hall–Kier alpha value is -1.51. The highest BCUT2D eigenvalue weighted by molar-refractivity contribution is 5.73. The smallest absolute Gasteiger partial charge is 0.220 e. The number of carbonyl (C=O) groups is 1. The van der Waals surface area contributed by atoms with Gasteiger partial charge in [-0.25, -0.2) is 0 Å². The van der Waals surface area contributed by atoms with Crippen LogP contribution in [-0.4, -0.2) is 12.5 Å². The van der Waals surface area contributed by atoms with Gasteiger partial charge >= 0.3 is 0 Å². The Morgan fingerprint density at radius 3 is 2.62 bits per heavy atom. The highest BCUT2D eigenvalue weighted by atomic mass is 16.5. The predicted octanol–water partition coefficient (Wildman–Crippen LogP) is 2.24. The third kappa shape index (κ3) is 3.93. The van der Waals surface area contributed by atoms with Crippen LogP contribution in [0.25, 0.3) is 0 Å². The quantitative estimate of drug-likeness (QED) is 0.847. The number of hydrogen-bond acceptors (Lipinski definition) is 2. The average molecular weight is 221 g/mol. The van der Waals surface area contributed by atoms with E-state index in [0.717, 1.165) is 5.75 Å². The van der Waals surface area contributed by atoms with Crippen molar-refractivity contribution >= 4 is 5.91 Å².